The Kier molecular flexibility index (Phi) is 5.70. The first-order valence-corrected chi connectivity index (χ1v) is 8.99. The first-order valence-electron chi connectivity index (χ1n) is 7.82. The topological polar surface area (TPSA) is 20.0 Å². The first kappa shape index (κ1) is 16.5. The summed E-state index contributed by atoms with van der Waals surface area (Å²) in [5, 5.41) is 7.62. The number of hydrazone groups is 1. The molecule has 1 fully saturated rings. The average molecular weight is 394 g/mol. The third-order valence-electron chi connectivity index (χ3n) is 4.09. The normalized spacial score (nSPS) is 16.2. The molecule has 0 radical (unpaired) electrons. The summed E-state index contributed by atoms with van der Waals surface area (Å²) in [6.45, 7) is 5.12. The Balaban J connectivity index is 1.50. The molecular formula is C18H20BrClN3+. The lowest BCUT2D eigenvalue weighted by atomic mass is 10.2. The largest absolute Gasteiger partial charge is 0.328 e. The van der Waals surface area contributed by atoms with Crippen LogP contribution in [0.4, 0.5) is 0 Å². The zero-order chi connectivity index (χ0) is 16.1. The molecular weight excluding hydrogens is 374 g/mol. The molecule has 1 heterocycles. The van der Waals surface area contributed by atoms with Crippen molar-refractivity contribution in [3.8, 4) is 0 Å². The molecule has 2 aromatic rings. The number of halogens is 2. The Morgan fingerprint density at radius 2 is 1.78 bits per heavy atom. The Hall–Kier alpha value is -1.36. The van der Waals surface area contributed by atoms with Gasteiger partial charge in [-0.3, -0.25) is 5.01 Å². The second kappa shape index (κ2) is 7.95. The number of benzene rings is 2. The molecule has 0 atom stereocenters. The van der Waals surface area contributed by atoms with E-state index in [1.54, 1.807) is 4.90 Å². The third-order valence-corrected chi connectivity index (χ3v) is 4.98. The number of nitrogens with one attached hydrogen (secondary N) is 1. The number of nitrogens with zero attached hydrogens (tertiary/aromatic N) is 2. The van der Waals surface area contributed by atoms with Crippen LogP contribution in [0.1, 0.15) is 11.1 Å². The van der Waals surface area contributed by atoms with E-state index in [0.717, 1.165) is 47.8 Å². The van der Waals surface area contributed by atoms with Crippen molar-refractivity contribution in [1.29, 1.82) is 0 Å². The van der Waals surface area contributed by atoms with Crippen LogP contribution in [0.25, 0.3) is 0 Å². The Morgan fingerprint density at radius 1 is 1.09 bits per heavy atom. The van der Waals surface area contributed by atoms with Crippen LogP contribution in [0, 0.1) is 0 Å². The molecule has 0 aromatic heterocycles. The predicted molar refractivity (Wildman–Crippen MR) is 99.2 cm³/mol. The zero-order valence-electron chi connectivity index (χ0n) is 12.9. The van der Waals surface area contributed by atoms with Crippen LogP contribution >= 0.6 is 27.5 Å². The Labute approximate surface area is 150 Å². The first-order chi connectivity index (χ1) is 11.2. The van der Waals surface area contributed by atoms with Gasteiger partial charge in [0.1, 0.15) is 6.54 Å². The van der Waals surface area contributed by atoms with Crippen molar-refractivity contribution in [3.63, 3.8) is 0 Å². The summed E-state index contributed by atoms with van der Waals surface area (Å²) in [7, 11) is 0. The predicted octanol–water partition coefficient (Wildman–Crippen LogP) is 2.84. The van der Waals surface area contributed by atoms with Gasteiger partial charge in [0.05, 0.1) is 32.4 Å². The zero-order valence-corrected chi connectivity index (χ0v) is 15.2. The molecule has 0 unspecified atom stereocenters. The molecule has 3 rings (SSSR count). The highest BCUT2D eigenvalue weighted by atomic mass is 79.9. The summed E-state index contributed by atoms with van der Waals surface area (Å²) in [5.41, 5.74) is 2.36. The van der Waals surface area contributed by atoms with Crippen molar-refractivity contribution in [1.82, 2.24) is 5.01 Å². The van der Waals surface area contributed by atoms with E-state index in [1.807, 2.05) is 30.5 Å². The van der Waals surface area contributed by atoms with Crippen molar-refractivity contribution in [2.24, 2.45) is 5.10 Å². The van der Waals surface area contributed by atoms with Crippen molar-refractivity contribution in [3.05, 3.63) is 69.2 Å². The second-order valence-corrected chi connectivity index (χ2v) is 7.09. The molecule has 1 N–H and O–H groups in total. The number of quaternary nitrogens is 1. The maximum Gasteiger partial charge on any atom is 0.104 e. The molecule has 120 valence electrons. The van der Waals surface area contributed by atoms with Crippen LogP contribution in [0.15, 0.2) is 58.1 Å². The lowest BCUT2D eigenvalue weighted by Gasteiger charge is -2.30. The molecule has 2 aromatic carbocycles. The van der Waals surface area contributed by atoms with Gasteiger partial charge in [-0.1, -0.05) is 57.9 Å². The lowest BCUT2D eigenvalue weighted by Crippen LogP contribution is -3.13. The highest BCUT2D eigenvalue weighted by Crippen LogP contribution is 2.13. The maximum atomic E-state index is 6.25. The molecule has 1 saturated heterocycles. The van der Waals surface area contributed by atoms with Crippen molar-refractivity contribution in [2.45, 2.75) is 6.54 Å². The van der Waals surface area contributed by atoms with Crippen LogP contribution < -0.4 is 4.90 Å². The smallest absolute Gasteiger partial charge is 0.104 e. The van der Waals surface area contributed by atoms with E-state index in [0.29, 0.717) is 0 Å². The van der Waals surface area contributed by atoms with Gasteiger partial charge in [-0.05, 0) is 23.8 Å². The average Bonchev–Trinajstić information content (AvgIpc) is 2.58. The molecule has 0 saturated carbocycles. The van der Waals surface area contributed by atoms with E-state index < -0.39 is 0 Å². The van der Waals surface area contributed by atoms with Gasteiger partial charge >= 0.3 is 0 Å². The third kappa shape index (κ3) is 4.80. The van der Waals surface area contributed by atoms with Gasteiger partial charge in [0.25, 0.3) is 0 Å². The minimum absolute atomic E-state index is 0.871. The molecule has 23 heavy (non-hydrogen) atoms. The minimum Gasteiger partial charge on any atom is -0.328 e. The summed E-state index contributed by atoms with van der Waals surface area (Å²) < 4.78 is 1.09. The van der Waals surface area contributed by atoms with Crippen molar-refractivity contribution < 1.29 is 4.90 Å². The number of rotatable bonds is 4. The molecule has 3 nitrogen and oxygen atoms in total. The quantitative estimate of drug-likeness (QED) is 0.792. The summed E-state index contributed by atoms with van der Waals surface area (Å²) in [6, 6.07) is 16.3. The van der Waals surface area contributed by atoms with Gasteiger partial charge < -0.3 is 4.90 Å². The Morgan fingerprint density at radius 3 is 2.48 bits per heavy atom. The molecule has 0 spiro atoms. The summed E-state index contributed by atoms with van der Waals surface area (Å²) in [5.74, 6) is 0. The summed E-state index contributed by atoms with van der Waals surface area (Å²) >= 11 is 9.70. The fourth-order valence-corrected chi connectivity index (χ4v) is 3.18. The van der Waals surface area contributed by atoms with E-state index in [4.69, 9.17) is 11.6 Å². The fourth-order valence-electron chi connectivity index (χ4n) is 2.71. The van der Waals surface area contributed by atoms with E-state index in [-0.39, 0.29) is 0 Å². The lowest BCUT2D eigenvalue weighted by molar-refractivity contribution is -0.918. The van der Waals surface area contributed by atoms with Crippen LogP contribution in [0.2, 0.25) is 5.02 Å². The summed E-state index contributed by atoms with van der Waals surface area (Å²) in [6.07, 6.45) is 1.94. The van der Waals surface area contributed by atoms with E-state index in [2.05, 4.69) is 50.3 Å². The molecule has 1 aliphatic rings. The van der Waals surface area contributed by atoms with Gasteiger partial charge in [0, 0.05) is 15.1 Å². The molecule has 0 aliphatic carbocycles. The molecule has 0 amide bonds. The highest BCUT2D eigenvalue weighted by molar-refractivity contribution is 9.10. The monoisotopic (exact) mass is 392 g/mol. The van der Waals surface area contributed by atoms with Gasteiger partial charge in [0.15, 0.2) is 0 Å². The fraction of sp³-hybridized carbons (Fsp3) is 0.278. The van der Waals surface area contributed by atoms with E-state index in [9.17, 15) is 0 Å². The number of hydrogen-bond donors (Lipinski definition) is 1. The Bertz CT molecular complexity index is 664. The minimum atomic E-state index is 0.871. The van der Waals surface area contributed by atoms with Crippen LogP contribution in [-0.2, 0) is 6.54 Å². The molecule has 0 bridgehead atoms. The van der Waals surface area contributed by atoms with Gasteiger partial charge in [-0.25, -0.2) is 0 Å². The van der Waals surface area contributed by atoms with Crippen LogP contribution in [0.3, 0.4) is 0 Å². The van der Waals surface area contributed by atoms with Crippen LogP contribution in [0.5, 0.6) is 0 Å². The van der Waals surface area contributed by atoms with E-state index in [1.165, 1.54) is 5.56 Å². The second-order valence-electron chi connectivity index (χ2n) is 5.77. The van der Waals surface area contributed by atoms with Crippen LogP contribution in [-0.4, -0.2) is 37.4 Å². The van der Waals surface area contributed by atoms with Crippen molar-refractivity contribution >= 4 is 33.7 Å². The highest BCUT2D eigenvalue weighted by Gasteiger charge is 2.19. The molecule has 1 aliphatic heterocycles. The molecule has 5 heteroatoms. The van der Waals surface area contributed by atoms with Gasteiger partial charge in [-0.15, -0.1) is 0 Å². The van der Waals surface area contributed by atoms with Gasteiger partial charge in [0.2, 0.25) is 0 Å². The standard InChI is InChI=1S/C18H19BrClN3/c19-17-7-5-15(6-8-17)13-21-23-11-9-22(10-12-23)14-16-3-1-2-4-18(16)20/h1-8,13H,9-12,14H2/p+1. The maximum absolute atomic E-state index is 6.25. The summed E-state index contributed by atoms with van der Waals surface area (Å²) in [4.78, 5) is 1.56. The van der Waals surface area contributed by atoms with Gasteiger partial charge in [-0.2, -0.15) is 5.10 Å². The SMILES string of the molecule is Clc1ccccc1C[NH+]1CCN(N=Cc2ccc(Br)cc2)CC1. The number of hydrogen-bond acceptors (Lipinski definition) is 2. The number of piperazine rings is 1. The van der Waals surface area contributed by atoms with Crippen molar-refractivity contribution in [2.75, 3.05) is 26.2 Å². The van der Waals surface area contributed by atoms with E-state index >= 15 is 0 Å².